The Morgan fingerprint density at radius 1 is 1.80 bits per heavy atom. The lowest BCUT2D eigenvalue weighted by molar-refractivity contribution is -0.120. The first-order chi connectivity index (χ1) is 6.65. The van der Waals surface area contributed by atoms with Gasteiger partial charge in [-0.2, -0.15) is 4.99 Å². The summed E-state index contributed by atoms with van der Waals surface area (Å²) in [6.07, 6.45) is 1.83. The molecule has 0 bridgehead atoms. The number of carbonyl (C=O) groups excluding carboxylic acids is 1. The topological polar surface area (TPSA) is 69.6 Å². The standard InChI is InChI=1S/C8H13N3O2S.ClH/c1-11-3-4-14-8(11)10-7(12)6(9)5-13-2;/h3-4,6H,5,9H2,1-2H3;1H. The average Bonchev–Trinajstić information content (AvgIpc) is 2.52. The molecule has 1 heterocycles. The molecule has 0 aliphatic carbocycles. The summed E-state index contributed by atoms with van der Waals surface area (Å²) < 4.78 is 6.53. The summed E-state index contributed by atoms with van der Waals surface area (Å²) in [7, 11) is 3.32. The highest BCUT2D eigenvalue weighted by atomic mass is 35.5. The molecule has 0 spiro atoms. The summed E-state index contributed by atoms with van der Waals surface area (Å²) in [5.41, 5.74) is 5.52. The summed E-state index contributed by atoms with van der Waals surface area (Å²) in [6.45, 7) is 0.192. The Morgan fingerprint density at radius 3 is 2.93 bits per heavy atom. The van der Waals surface area contributed by atoms with Gasteiger partial charge in [-0.15, -0.1) is 23.7 Å². The number of carbonyl (C=O) groups is 1. The minimum absolute atomic E-state index is 0. The molecular weight excluding hydrogens is 238 g/mol. The lowest BCUT2D eigenvalue weighted by Crippen LogP contribution is -2.35. The molecule has 0 fully saturated rings. The van der Waals surface area contributed by atoms with Crippen LogP contribution in [0.2, 0.25) is 0 Å². The number of nitrogens with two attached hydrogens (primary N) is 1. The van der Waals surface area contributed by atoms with Gasteiger partial charge in [0.1, 0.15) is 6.04 Å². The van der Waals surface area contributed by atoms with E-state index in [1.807, 2.05) is 18.6 Å². The van der Waals surface area contributed by atoms with Gasteiger partial charge in [-0.3, -0.25) is 4.79 Å². The predicted octanol–water partition coefficient (Wildman–Crippen LogP) is -0.0906. The van der Waals surface area contributed by atoms with E-state index in [0.717, 1.165) is 0 Å². The third kappa shape index (κ3) is 4.13. The van der Waals surface area contributed by atoms with Gasteiger partial charge >= 0.3 is 0 Å². The molecule has 0 radical (unpaired) electrons. The third-order valence-corrected chi connectivity index (χ3v) is 2.48. The molecule has 0 aliphatic heterocycles. The monoisotopic (exact) mass is 251 g/mol. The molecule has 0 saturated heterocycles. The maximum Gasteiger partial charge on any atom is 0.267 e. The Kier molecular flexibility index (Phi) is 6.42. The Labute approximate surface area is 98.0 Å². The minimum Gasteiger partial charge on any atom is -0.383 e. The Balaban J connectivity index is 0.00000196. The van der Waals surface area contributed by atoms with Gasteiger partial charge in [0, 0.05) is 25.7 Å². The first kappa shape index (κ1) is 14.3. The van der Waals surface area contributed by atoms with Gasteiger partial charge in [0.15, 0.2) is 4.80 Å². The van der Waals surface area contributed by atoms with Crippen LogP contribution in [-0.4, -0.2) is 30.2 Å². The van der Waals surface area contributed by atoms with Crippen LogP contribution in [0.3, 0.4) is 0 Å². The van der Waals surface area contributed by atoms with E-state index in [-0.39, 0.29) is 24.9 Å². The van der Waals surface area contributed by atoms with Gasteiger partial charge < -0.3 is 15.0 Å². The quantitative estimate of drug-likeness (QED) is 0.816. The van der Waals surface area contributed by atoms with E-state index in [1.54, 1.807) is 4.57 Å². The largest absolute Gasteiger partial charge is 0.383 e. The van der Waals surface area contributed by atoms with Gasteiger partial charge in [0.05, 0.1) is 6.61 Å². The number of aromatic nitrogens is 1. The number of nitrogens with zero attached hydrogens (tertiary/aromatic N) is 2. The molecular formula is C8H14ClN3O2S. The molecule has 7 heteroatoms. The fraction of sp³-hybridized carbons (Fsp3) is 0.500. The fourth-order valence-electron chi connectivity index (χ4n) is 0.863. The molecule has 1 aromatic heterocycles. The molecule has 1 rings (SSSR count). The Bertz CT molecular complexity index is 374. The van der Waals surface area contributed by atoms with Crippen molar-refractivity contribution in [1.82, 2.24) is 4.57 Å². The number of halogens is 1. The molecule has 0 saturated carbocycles. The highest BCUT2D eigenvalue weighted by Crippen LogP contribution is 1.89. The minimum atomic E-state index is -0.679. The second-order valence-electron chi connectivity index (χ2n) is 2.81. The smallest absolute Gasteiger partial charge is 0.267 e. The van der Waals surface area contributed by atoms with Crippen molar-refractivity contribution in [2.45, 2.75) is 6.04 Å². The normalized spacial score (nSPS) is 13.4. The van der Waals surface area contributed by atoms with E-state index < -0.39 is 6.04 Å². The highest BCUT2D eigenvalue weighted by Gasteiger charge is 2.11. The van der Waals surface area contributed by atoms with E-state index in [9.17, 15) is 4.79 Å². The van der Waals surface area contributed by atoms with E-state index in [0.29, 0.717) is 4.80 Å². The third-order valence-electron chi connectivity index (χ3n) is 1.63. The molecule has 1 atom stereocenters. The number of hydrogen-bond acceptors (Lipinski definition) is 4. The zero-order valence-corrected chi connectivity index (χ0v) is 10.2. The first-order valence-corrected chi connectivity index (χ1v) is 4.96. The van der Waals surface area contributed by atoms with Crippen molar-refractivity contribution in [2.24, 2.45) is 17.8 Å². The molecule has 0 aliphatic rings. The summed E-state index contributed by atoms with van der Waals surface area (Å²) in [5.74, 6) is -0.357. The summed E-state index contributed by atoms with van der Waals surface area (Å²) in [5, 5.41) is 1.86. The van der Waals surface area contributed by atoms with Crippen molar-refractivity contribution in [2.75, 3.05) is 13.7 Å². The summed E-state index contributed by atoms with van der Waals surface area (Å²) in [6, 6.07) is -0.679. The van der Waals surface area contributed by atoms with E-state index in [4.69, 9.17) is 10.5 Å². The number of rotatable bonds is 3. The SMILES string of the molecule is COCC(N)C(=O)N=c1sccn1C.Cl. The van der Waals surface area contributed by atoms with Crippen molar-refractivity contribution in [3.05, 3.63) is 16.4 Å². The highest BCUT2D eigenvalue weighted by molar-refractivity contribution is 7.07. The number of thiazole rings is 1. The van der Waals surface area contributed by atoms with E-state index >= 15 is 0 Å². The van der Waals surface area contributed by atoms with Gasteiger partial charge in [0.25, 0.3) is 5.91 Å². The van der Waals surface area contributed by atoms with Crippen LogP contribution < -0.4 is 10.5 Å². The molecule has 1 unspecified atom stereocenters. The number of ether oxygens (including phenoxy) is 1. The van der Waals surface area contributed by atoms with Crippen molar-refractivity contribution in [1.29, 1.82) is 0 Å². The molecule has 2 N–H and O–H groups in total. The van der Waals surface area contributed by atoms with Crippen LogP contribution >= 0.6 is 23.7 Å². The predicted molar refractivity (Wildman–Crippen MR) is 61.0 cm³/mol. The Hall–Kier alpha value is -0.690. The lowest BCUT2D eigenvalue weighted by atomic mass is 10.3. The zero-order valence-electron chi connectivity index (χ0n) is 8.54. The molecule has 15 heavy (non-hydrogen) atoms. The van der Waals surface area contributed by atoms with Crippen LogP contribution in [0.5, 0.6) is 0 Å². The molecule has 86 valence electrons. The van der Waals surface area contributed by atoms with Gasteiger partial charge in [0.2, 0.25) is 0 Å². The Morgan fingerprint density at radius 2 is 2.47 bits per heavy atom. The average molecular weight is 252 g/mol. The zero-order chi connectivity index (χ0) is 10.6. The molecule has 1 aromatic rings. The fourth-order valence-corrected chi connectivity index (χ4v) is 1.60. The number of aryl methyl sites for hydroxylation is 1. The van der Waals surface area contributed by atoms with Gasteiger partial charge in [-0.25, -0.2) is 0 Å². The molecule has 5 nitrogen and oxygen atoms in total. The van der Waals surface area contributed by atoms with Crippen LogP contribution in [-0.2, 0) is 16.6 Å². The van der Waals surface area contributed by atoms with Crippen molar-refractivity contribution < 1.29 is 9.53 Å². The van der Waals surface area contributed by atoms with Gasteiger partial charge in [-0.1, -0.05) is 0 Å². The van der Waals surface area contributed by atoms with Crippen LogP contribution in [0.4, 0.5) is 0 Å². The number of amides is 1. The second kappa shape index (κ2) is 6.73. The van der Waals surface area contributed by atoms with E-state index in [1.165, 1.54) is 18.4 Å². The lowest BCUT2D eigenvalue weighted by Gasteiger charge is -2.03. The number of methoxy groups -OCH3 is 1. The molecule has 0 aromatic carbocycles. The van der Waals surface area contributed by atoms with Gasteiger partial charge in [-0.05, 0) is 0 Å². The summed E-state index contributed by atoms with van der Waals surface area (Å²) >= 11 is 1.39. The maximum atomic E-state index is 11.4. The van der Waals surface area contributed by atoms with Crippen molar-refractivity contribution in [3.63, 3.8) is 0 Å². The van der Waals surface area contributed by atoms with Crippen molar-refractivity contribution >= 4 is 29.7 Å². The first-order valence-electron chi connectivity index (χ1n) is 4.08. The second-order valence-corrected chi connectivity index (χ2v) is 3.68. The van der Waals surface area contributed by atoms with Crippen LogP contribution in [0.15, 0.2) is 16.6 Å². The number of hydrogen-bond donors (Lipinski definition) is 1. The summed E-state index contributed by atoms with van der Waals surface area (Å²) in [4.78, 5) is 15.9. The van der Waals surface area contributed by atoms with Crippen LogP contribution in [0.1, 0.15) is 0 Å². The molecule has 1 amide bonds. The van der Waals surface area contributed by atoms with Crippen molar-refractivity contribution in [3.8, 4) is 0 Å². The van der Waals surface area contributed by atoms with Crippen LogP contribution in [0, 0.1) is 0 Å². The van der Waals surface area contributed by atoms with Crippen LogP contribution in [0.25, 0.3) is 0 Å². The maximum absolute atomic E-state index is 11.4. The van der Waals surface area contributed by atoms with E-state index in [2.05, 4.69) is 4.99 Å².